The molecule has 0 aliphatic heterocycles. The van der Waals surface area contributed by atoms with Gasteiger partial charge in [0.1, 0.15) is 0 Å². The van der Waals surface area contributed by atoms with Gasteiger partial charge in [-0.05, 0) is 25.0 Å². The van der Waals surface area contributed by atoms with Gasteiger partial charge in [-0.3, -0.25) is 4.79 Å². The van der Waals surface area contributed by atoms with Crippen LogP contribution in [0.15, 0.2) is 16.6 Å². The van der Waals surface area contributed by atoms with Crippen LogP contribution in [0.25, 0.3) is 0 Å². The molecule has 1 N–H and O–H groups in total. The van der Waals surface area contributed by atoms with Gasteiger partial charge in [-0.2, -0.15) is 0 Å². The van der Waals surface area contributed by atoms with Crippen molar-refractivity contribution in [1.29, 1.82) is 0 Å². The zero-order valence-corrected chi connectivity index (χ0v) is 10.9. The fourth-order valence-corrected chi connectivity index (χ4v) is 2.68. The van der Waals surface area contributed by atoms with Crippen LogP contribution in [-0.2, 0) is 10.2 Å². The van der Waals surface area contributed by atoms with Crippen LogP contribution >= 0.6 is 15.9 Å². The van der Waals surface area contributed by atoms with E-state index >= 15 is 0 Å². The first-order chi connectivity index (χ1) is 8.01. The zero-order valence-electron chi connectivity index (χ0n) is 9.30. The molecule has 0 radical (unpaired) electrons. The van der Waals surface area contributed by atoms with Gasteiger partial charge in [0.25, 0.3) is 0 Å². The minimum Gasteiger partial charge on any atom is -0.493 e. The molecule has 0 bridgehead atoms. The van der Waals surface area contributed by atoms with E-state index in [1.165, 1.54) is 13.2 Å². The first kappa shape index (κ1) is 12.4. The Kier molecular flexibility index (Phi) is 3.12. The predicted molar refractivity (Wildman–Crippen MR) is 63.8 cm³/mol. The summed E-state index contributed by atoms with van der Waals surface area (Å²) in [6.45, 7) is 0. The van der Waals surface area contributed by atoms with Gasteiger partial charge >= 0.3 is 5.97 Å². The second-order valence-corrected chi connectivity index (χ2v) is 5.12. The Morgan fingerprint density at radius 2 is 2.18 bits per heavy atom. The van der Waals surface area contributed by atoms with E-state index in [0.29, 0.717) is 22.9 Å². The third-order valence-corrected chi connectivity index (χ3v) is 3.80. The summed E-state index contributed by atoms with van der Waals surface area (Å²) < 4.78 is 19.2. The molecular weight excluding hydrogens is 291 g/mol. The minimum atomic E-state index is -0.990. The summed E-state index contributed by atoms with van der Waals surface area (Å²) >= 11 is 3.18. The summed E-state index contributed by atoms with van der Waals surface area (Å²) in [6.07, 6.45) is 1.88. The molecule has 0 spiro atoms. The fourth-order valence-electron chi connectivity index (χ4n) is 2.25. The highest BCUT2D eigenvalue weighted by molar-refractivity contribution is 9.10. The average molecular weight is 303 g/mol. The molecule has 1 fully saturated rings. The van der Waals surface area contributed by atoms with Crippen molar-refractivity contribution in [2.75, 3.05) is 7.11 Å². The van der Waals surface area contributed by atoms with E-state index in [1.807, 2.05) is 0 Å². The molecule has 0 heterocycles. The number of ether oxygens (including phenoxy) is 1. The highest BCUT2D eigenvalue weighted by atomic mass is 79.9. The number of halogens is 2. The Balaban J connectivity index is 2.61. The van der Waals surface area contributed by atoms with Crippen LogP contribution < -0.4 is 4.74 Å². The number of benzene rings is 1. The number of hydrogen-bond acceptors (Lipinski definition) is 2. The largest absolute Gasteiger partial charge is 0.493 e. The van der Waals surface area contributed by atoms with Crippen LogP contribution in [0, 0.1) is 5.82 Å². The average Bonchev–Trinajstić information content (AvgIpc) is 2.14. The maximum atomic E-state index is 13.7. The predicted octanol–water partition coefficient (Wildman–Crippen LogP) is 3.10. The summed E-state index contributed by atoms with van der Waals surface area (Å²) in [5, 5.41) is 9.35. The summed E-state index contributed by atoms with van der Waals surface area (Å²) in [4.78, 5) is 11.4. The number of methoxy groups -OCH3 is 1. The molecule has 1 aromatic rings. The van der Waals surface area contributed by atoms with Crippen molar-refractivity contribution in [3.05, 3.63) is 28.0 Å². The van der Waals surface area contributed by atoms with Gasteiger partial charge in [-0.15, -0.1) is 0 Å². The minimum absolute atomic E-state index is 0.0373. The lowest BCUT2D eigenvalue weighted by molar-refractivity contribution is -0.147. The van der Waals surface area contributed by atoms with Crippen LogP contribution in [0.2, 0.25) is 0 Å². The number of hydrogen-bond donors (Lipinski definition) is 1. The van der Waals surface area contributed by atoms with E-state index in [-0.39, 0.29) is 5.75 Å². The van der Waals surface area contributed by atoms with Crippen LogP contribution in [0.3, 0.4) is 0 Å². The van der Waals surface area contributed by atoms with Crippen LogP contribution in [0.1, 0.15) is 24.8 Å². The highest BCUT2D eigenvalue weighted by Gasteiger charge is 2.48. The highest BCUT2D eigenvalue weighted by Crippen LogP contribution is 2.48. The first-order valence-electron chi connectivity index (χ1n) is 5.28. The summed E-state index contributed by atoms with van der Waals surface area (Å²) in [7, 11) is 1.35. The molecule has 0 unspecified atom stereocenters. The van der Waals surface area contributed by atoms with Crippen LogP contribution in [-0.4, -0.2) is 18.2 Å². The molecule has 1 saturated carbocycles. The van der Waals surface area contributed by atoms with Crippen molar-refractivity contribution >= 4 is 21.9 Å². The molecule has 2 rings (SSSR count). The Morgan fingerprint density at radius 1 is 1.53 bits per heavy atom. The van der Waals surface area contributed by atoms with Crippen molar-refractivity contribution in [2.45, 2.75) is 24.7 Å². The molecule has 1 aromatic carbocycles. The standard InChI is InChI=1S/C12H12BrFO3/c1-17-10-8(5-7(13)6-9(10)14)12(11(15)16)3-2-4-12/h5-6H,2-4H2,1H3,(H,15,16). The monoisotopic (exact) mass is 302 g/mol. The number of carboxylic acids is 1. The zero-order chi connectivity index (χ0) is 12.6. The normalized spacial score (nSPS) is 17.4. The maximum Gasteiger partial charge on any atom is 0.314 e. The van der Waals surface area contributed by atoms with Gasteiger partial charge in [-0.25, -0.2) is 4.39 Å². The van der Waals surface area contributed by atoms with E-state index in [1.54, 1.807) is 6.07 Å². The van der Waals surface area contributed by atoms with Gasteiger partial charge in [-0.1, -0.05) is 22.4 Å². The molecular formula is C12H12BrFO3. The number of aliphatic carboxylic acids is 1. The smallest absolute Gasteiger partial charge is 0.314 e. The molecule has 3 nitrogen and oxygen atoms in total. The lowest BCUT2D eigenvalue weighted by Gasteiger charge is -2.38. The van der Waals surface area contributed by atoms with Gasteiger partial charge in [0.15, 0.2) is 11.6 Å². The first-order valence-corrected chi connectivity index (χ1v) is 6.07. The lowest BCUT2D eigenvalue weighted by atomic mass is 9.64. The van der Waals surface area contributed by atoms with Crippen molar-refractivity contribution < 1.29 is 19.0 Å². The molecule has 0 aromatic heterocycles. The Labute approximate surface area is 107 Å². The van der Waals surface area contributed by atoms with E-state index < -0.39 is 17.2 Å². The molecule has 0 amide bonds. The van der Waals surface area contributed by atoms with Crippen molar-refractivity contribution in [3.8, 4) is 5.75 Å². The van der Waals surface area contributed by atoms with Crippen LogP contribution in [0.5, 0.6) is 5.75 Å². The number of carboxylic acid groups (broad SMARTS) is 1. The van der Waals surface area contributed by atoms with Gasteiger partial charge in [0.05, 0.1) is 12.5 Å². The second kappa shape index (κ2) is 4.29. The lowest BCUT2D eigenvalue weighted by Crippen LogP contribution is -2.42. The molecule has 1 aliphatic rings. The maximum absolute atomic E-state index is 13.7. The topological polar surface area (TPSA) is 46.5 Å². The Bertz CT molecular complexity index is 469. The molecule has 92 valence electrons. The van der Waals surface area contributed by atoms with E-state index in [9.17, 15) is 14.3 Å². The summed E-state index contributed by atoms with van der Waals surface area (Å²) in [6, 6.07) is 2.91. The van der Waals surface area contributed by atoms with E-state index in [2.05, 4.69) is 15.9 Å². The Morgan fingerprint density at radius 3 is 2.59 bits per heavy atom. The van der Waals surface area contributed by atoms with E-state index in [0.717, 1.165) is 6.42 Å². The summed E-state index contributed by atoms with van der Waals surface area (Å²) in [5.74, 6) is -1.42. The number of carbonyl (C=O) groups is 1. The second-order valence-electron chi connectivity index (χ2n) is 4.21. The Hall–Kier alpha value is -1.10. The van der Waals surface area contributed by atoms with Gasteiger partial charge in [0, 0.05) is 10.0 Å². The third-order valence-electron chi connectivity index (χ3n) is 3.34. The van der Waals surface area contributed by atoms with Crippen molar-refractivity contribution in [2.24, 2.45) is 0 Å². The van der Waals surface area contributed by atoms with E-state index in [4.69, 9.17) is 4.74 Å². The molecule has 0 atom stereocenters. The van der Waals surface area contributed by atoms with Crippen LogP contribution in [0.4, 0.5) is 4.39 Å². The van der Waals surface area contributed by atoms with Crippen molar-refractivity contribution in [1.82, 2.24) is 0 Å². The quantitative estimate of drug-likeness (QED) is 0.933. The molecule has 5 heteroatoms. The summed E-state index contributed by atoms with van der Waals surface area (Å²) in [5.41, 5.74) is -0.568. The van der Waals surface area contributed by atoms with Crippen molar-refractivity contribution in [3.63, 3.8) is 0 Å². The molecule has 1 aliphatic carbocycles. The third kappa shape index (κ3) is 1.82. The van der Waals surface area contributed by atoms with Gasteiger partial charge in [0.2, 0.25) is 0 Å². The molecule has 17 heavy (non-hydrogen) atoms. The fraction of sp³-hybridized carbons (Fsp3) is 0.417. The molecule has 0 saturated heterocycles. The number of rotatable bonds is 3. The van der Waals surface area contributed by atoms with Gasteiger partial charge < -0.3 is 9.84 Å². The SMILES string of the molecule is COc1c(F)cc(Br)cc1C1(C(=O)O)CCC1.